The van der Waals surface area contributed by atoms with E-state index in [1.165, 1.54) is 0 Å². The molecule has 2 N–H and O–H groups in total. The SMILES string of the molecule is CC(=N)c1ccc(C(=O)Cc2ccccc2C(=O)Nc2ccc(Br)cn2)cc1. The molecule has 2 aromatic carbocycles. The van der Waals surface area contributed by atoms with Crippen LogP contribution in [0, 0.1) is 5.41 Å². The van der Waals surface area contributed by atoms with Gasteiger partial charge >= 0.3 is 0 Å². The fraction of sp³-hybridized carbons (Fsp3) is 0.0909. The van der Waals surface area contributed by atoms with Crippen LogP contribution in [0.2, 0.25) is 0 Å². The third-order valence-corrected chi connectivity index (χ3v) is 4.69. The molecule has 1 amide bonds. The summed E-state index contributed by atoms with van der Waals surface area (Å²) in [5.74, 6) is 0.0381. The minimum Gasteiger partial charge on any atom is -0.307 e. The molecule has 3 aromatic rings. The molecule has 0 aliphatic heterocycles. The van der Waals surface area contributed by atoms with Gasteiger partial charge in [-0.25, -0.2) is 4.98 Å². The lowest BCUT2D eigenvalue weighted by Gasteiger charge is -2.10. The van der Waals surface area contributed by atoms with Gasteiger partial charge in [0.15, 0.2) is 5.78 Å². The molecule has 6 heteroatoms. The summed E-state index contributed by atoms with van der Waals surface area (Å²) in [6.45, 7) is 1.70. The first-order chi connectivity index (χ1) is 13.4. The summed E-state index contributed by atoms with van der Waals surface area (Å²) < 4.78 is 0.820. The third-order valence-electron chi connectivity index (χ3n) is 4.22. The van der Waals surface area contributed by atoms with E-state index in [0.717, 1.165) is 10.0 Å². The van der Waals surface area contributed by atoms with Crippen LogP contribution in [0.5, 0.6) is 0 Å². The zero-order valence-corrected chi connectivity index (χ0v) is 16.8. The molecule has 0 bridgehead atoms. The number of nitrogens with zero attached hydrogens (tertiary/aromatic N) is 1. The van der Waals surface area contributed by atoms with Gasteiger partial charge < -0.3 is 10.7 Å². The summed E-state index contributed by atoms with van der Waals surface area (Å²) >= 11 is 3.31. The van der Waals surface area contributed by atoms with Gasteiger partial charge in [-0.3, -0.25) is 9.59 Å². The molecule has 0 unspecified atom stereocenters. The topological polar surface area (TPSA) is 82.9 Å². The van der Waals surface area contributed by atoms with Gasteiger partial charge in [-0.2, -0.15) is 0 Å². The van der Waals surface area contributed by atoms with E-state index in [4.69, 9.17) is 5.41 Å². The van der Waals surface area contributed by atoms with Crippen molar-refractivity contribution in [3.05, 3.63) is 93.6 Å². The Kier molecular flexibility index (Phi) is 6.11. The molecule has 0 fully saturated rings. The molecule has 0 saturated carbocycles. The number of halogens is 1. The summed E-state index contributed by atoms with van der Waals surface area (Å²) in [6, 6.07) is 17.5. The van der Waals surface area contributed by atoms with Gasteiger partial charge in [-0.05, 0) is 52.2 Å². The van der Waals surface area contributed by atoms with Crippen molar-refractivity contribution in [2.45, 2.75) is 13.3 Å². The van der Waals surface area contributed by atoms with Gasteiger partial charge in [-0.1, -0.05) is 42.5 Å². The van der Waals surface area contributed by atoms with Gasteiger partial charge in [0, 0.05) is 33.9 Å². The number of carbonyl (C=O) groups excluding carboxylic acids is 2. The monoisotopic (exact) mass is 435 g/mol. The highest BCUT2D eigenvalue weighted by Crippen LogP contribution is 2.16. The molecule has 1 aromatic heterocycles. The lowest BCUT2D eigenvalue weighted by Crippen LogP contribution is -2.16. The Morgan fingerprint density at radius 2 is 1.68 bits per heavy atom. The third kappa shape index (κ3) is 4.78. The number of hydrogen-bond acceptors (Lipinski definition) is 4. The highest BCUT2D eigenvalue weighted by molar-refractivity contribution is 9.10. The van der Waals surface area contributed by atoms with Crippen LogP contribution in [0.15, 0.2) is 71.3 Å². The fourth-order valence-electron chi connectivity index (χ4n) is 2.71. The second-order valence-electron chi connectivity index (χ2n) is 6.28. The summed E-state index contributed by atoms with van der Waals surface area (Å²) in [5.41, 5.74) is 2.86. The molecule has 1 heterocycles. The molecule has 0 aliphatic rings. The van der Waals surface area contributed by atoms with Gasteiger partial charge in [0.1, 0.15) is 5.82 Å². The van der Waals surface area contributed by atoms with Crippen molar-refractivity contribution in [3.8, 4) is 0 Å². The first-order valence-electron chi connectivity index (χ1n) is 8.63. The van der Waals surface area contributed by atoms with E-state index in [9.17, 15) is 9.59 Å². The first-order valence-corrected chi connectivity index (χ1v) is 9.43. The Hall–Kier alpha value is -3.12. The number of benzene rings is 2. The van der Waals surface area contributed by atoms with E-state index < -0.39 is 0 Å². The molecule has 140 valence electrons. The molecule has 0 saturated heterocycles. The van der Waals surface area contributed by atoms with E-state index in [0.29, 0.717) is 28.2 Å². The highest BCUT2D eigenvalue weighted by atomic mass is 79.9. The fourth-order valence-corrected chi connectivity index (χ4v) is 2.95. The van der Waals surface area contributed by atoms with Crippen LogP contribution in [-0.2, 0) is 6.42 Å². The molecule has 0 atom stereocenters. The molecule has 0 spiro atoms. The molecule has 5 nitrogen and oxygen atoms in total. The van der Waals surface area contributed by atoms with Gasteiger partial charge in [0.2, 0.25) is 0 Å². The van der Waals surface area contributed by atoms with Crippen LogP contribution in [-0.4, -0.2) is 22.4 Å². The number of ketones is 1. The van der Waals surface area contributed by atoms with Crippen molar-refractivity contribution in [2.75, 3.05) is 5.32 Å². The number of amides is 1. The molecule has 3 rings (SSSR count). The van der Waals surface area contributed by atoms with Crippen molar-refractivity contribution in [1.29, 1.82) is 5.41 Å². The highest BCUT2D eigenvalue weighted by Gasteiger charge is 2.15. The number of pyridine rings is 1. The van der Waals surface area contributed by atoms with Crippen molar-refractivity contribution in [3.63, 3.8) is 0 Å². The van der Waals surface area contributed by atoms with Crippen LogP contribution in [0.25, 0.3) is 0 Å². The molecule has 0 radical (unpaired) electrons. The lowest BCUT2D eigenvalue weighted by atomic mass is 9.97. The average molecular weight is 436 g/mol. The Labute approximate surface area is 171 Å². The maximum Gasteiger partial charge on any atom is 0.257 e. The maximum atomic E-state index is 12.7. The van der Waals surface area contributed by atoms with Gasteiger partial charge in [0.25, 0.3) is 5.91 Å². The Morgan fingerprint density at radius 1 is 1.00 bits per heavy atom. The minimum absolute atomic E-state index is 0.0869. The number of hydrogen-bond donors (Lipinski definition) is 2. The maximum absolute atomic E-state index is 12.7. The largest absolute Gasteiger partial charge is 0.307 e. The second kappa shape index (κ2) is 8.71. The molecule has 28 heavy (non-hydrogen) atoms. The summed E-state index contributed by atoms with van der Waals surface area (Å²) in [5, 5.41) is 10.4. The summed E-state index contributed by atoms with van der Waals surface area (Å²) in [6.07, 6.45) is 1.71. The van der Waals surface area contributed by atoms with Crippen molar-refractivity contribution in [1.82, 2.24) is 4.98 Å². The number of nitrogens with one attached hydrogen (secondary N) is 2. The molecule has 0 aliphatic carbocycles. The lowest BCUT2D eigenvalue weighted by molar-refractivity contribution is 0.0992. The number of anilines is 1. The van der Waals surface area contributed by atoms with E-state index in [1.807, 2.05) is 0 Å². The van der Waals surface area contributed by atoms with E-state index in [2.05, 4.69) is 26.2 Å². The Balaban J connectivity index is 1.77. The number of aromatic nitrogens is 1. The minimum atomic E-state index is -0.312. The molecular formula is C22H18BrN3O2. The first kappa shape index (κ1) is 19.6. The quantitative estimate of drug-likeness (QED) is 0.426. The van der Waals surface area contributed by atoms with Crippen molar-refractivity contribution >= 4 is 39.1 Å². The number of rotatable bonds is 6. The van der Waals surface area contributed by atoms with Gasteiger partial charge in [0.05, 0.1) is 0 Å². The second-order valence-corrected chi connectivity index (χ2v) is 7.19. The Bertz CT molecular complexity index is 1030. The van der Waals surface area contributed by atoms with E-state index in [1.54, 1.807) is 73.8 Å². The van der Waals surface area contributed by atoms with E-state index >= 15 is 0 Å². The van der Waals surface area contributed by atoms with Crippen LogP contribution in [0.1, 0.15) is 38.8 Å². The smallest absolute Gasteiger partial charge is 0.257 e. The van der Waals surface area contributed by atoms with Crippen molar-refractivity contribution < 1.29 is 9.59 Å². The summed E-state index contributed by atoms with van der Waals surface area (Å²) in [4.78, 5) is 29.5. The predicted molar refractivity (Wildman–Crippen MR) is 113 cm³/mol. The van der Waals surface area contributed by atoms with Crippen LogP contribution < -0.4 is 5.32 Å². The summed E-state index contributed by atoms with van der Waals surface area (Å²) in [7, 11) is 0. The van der Waals surface area contributed by atoms with E-state index in [-0.39, 0.29) is 18.1 Å². The van der Waals surface area contributed by atoms with Crippen LogP contribution >= 0.6 is 15.9 Å². The van der Waals surface area contributed by atoms with Crippen LogP contribution in [0.4, 0.5) is 5.82 Å². The number of carbonyl (C=O) groups is 2. The number of Topliss-reactive ketones (excluding diaryl/α,β-unsaturated/α-hetero) is 1. The van der Waals surface area contributed by atoms with Crippen LogP contribution in [0.3, 0.4) is 0 Å². The zero-order valence-electron chi connectivity index (χ0n) is 15.2. The zero-order chi connectivity index (χ0) is 20.1. The normalized spacial score (nSPS) is 10.4. The average Bonchev–Trinajstić information content (AvgIpc) is 2.70. The molecular weight excluding hydrogens is 418 g/mol. The standard InChI is InChI=1S/C22H18BrN3O2/c1-14(24)15-6-8-16(9-7-15)20(27)12-17-4-2-3-5-19(17)22(28)26-21-11-10-18(23)13-25-21/h2-11,13,24H,12H2,1H3,(H,25,26,28). The van der Waals surface area contributed by atoms with Crippen molar-refractivity contribution in [2.24, 2.45) is 0 Å². The predicted octanol–water partition coefficient (Wildman–Crippen LogP) is 4.91. The van der Waals surface area contributed by atoms with Gasteiger partial charge in [-0.15, -0.1) is 0 Å². The Morgan fingerprint density at radius 3 is 2.32 bits per heavy atom.